The van der Waals surface area contributed by atoms with E-state index in [0.29, 0.717) is 12.2 Å². The highest BCUT2D eigenvalue weighted by molar-refractivity contribution is 5.87. The molecule has 0 heterocycles. The molecule has 110 valence electrons. The average molecular weight is 276 g/mol. The first-order valence-corrected chi connectivity index (χ1v) is 7.18. The third-order valence-electron chi connectivity index (χ3n) is 3.25. The fourth-order valence-electron chi connectivity index (χ4n) is 1.96. The standard InChI is InChI=1S/C17H24O3/c1-3-4-5-6-7-8-14(2)20-13-15-9-11-16(12-10-15)17(18)19/h3,9-12,14H,1,4-8,13H2,2H3,(H,18,19). The summed E-state index contributed by atoms with van der Waals surface area (Å²) >= 11 is 0. The third-order valence-corrected chi connectivity index (χ3v) is 3.25. The Morgan fingerprint density at radius 1 is 1.30 bits per heavy atom. The largest absolute Gasteiger partial charge is 0.478 e. The predicted octanol–water partition coefficient (Wildman–Crippen LogP) is 4.43. The Labute approximate surface area is 121 Å². The number of hydrogen-bond donors (Lipinski definition) is 1. The van der Waals surface area contributed by atoms with Gasteiger partial charge in [0.15, 0.2) is 0 Å². The molecule has 1 aromatic rings. The van der Waals surface area contributed by atoms with E-state index in [1.165, 1.54) is 19.3 Å². The Kier molecular flexibility index (Phi) is 7.66. The van der Waals surface area contributed by atoms with E-state index < -0.39 is 5.97 Å². The van der Waals surface area contributed by atoms with Crippen molar-refractivity contribution in [3.8, 4) is 0 Å². The van der Waals surface area contributed by atoms with Crippen LogP contribution in [0.5, 0.6) is 0 Å². The van der Waals surface area contributed by atoms with Gasteiger partial charge in [-0.25, -0.2) is 4.79 Å². The van der Waals surface area contributed by atoms with Gasteiger partial charge in [-0.1, -0.05) is 31.1 Å². The van der Waals surface area contributed by atoms with Crippen molar-refractivity contribution in [2.75, 3.05) is 0 Å². The fourth-order valence-corrected chi connectivity index (χ4v) is 1.96. The summed E-state index contributed by atoms with van der Waals surface area (Å²) in [6.07, 6.45) is 7.93. The highest BCUT2D eigenvalue weighted by atomic mass is 16.5. The minimum absolute atomic E-state index is 0.234. The van der Waals surface area contributed by atoms with E-state index in [9.17, 15) is 4.79 Å². The van der Waals surface area contributed by atoms with Gasteiger partial charge in [0.2, 0.25) is 0 Å². The quantitative estimate of drug-likeness (QED) is 0.508. The minimum atomic E-state index is -0.898. The molecular formula is C17H24O3. The molecular weight excluding hydrogens is 252 g/mol. The zero-order valence-corrected chi connectivity index (χ0v) is 12.2. The maximum Gasteiger partial charge on any atom is 0.335 e. The van der Waals surface area contributed by atoms with E-state index in [4.69, 9.17) is 9.84 Å². The molecule has 3 heteroatoms. The molecule has 1 rings (SSSR count). The molecule has 0 saturated heterocycles. The molecule has 0 spiro atoms. The zero-order valence-electron chi connectivity index (χ0n) is 12.2. The van der Waals surface area contributed by atoms with Crippen molar-refractivity contribution in [2.24, 2.45) is 0 Å². The second kappa shape index (κ2) is 9.32. The van der Waals surface area contributed by atoms with Crippen molar-refractivity contribution in [1.82, 2.24) is 0 Å². The van der Waals surface area contributed by atoms with Crippen LogP contribution < -0.4 is 0 Å². The van der Waals surface area contributed by atoms with Gasteiger partial charge in [-0.05, 0) is 43.9 Å². The number of carboxylic acids is 1. The summed E-state index contributed by atoms with van der Waals surface area (Å²) < 4.78 is 5.77. The first-order valence-electron chi connectivity index (χ1n) is 7.18. The van der Waals surface area contributed by atoms with Crippen molar-refractivity contribution < 1.29 is 14.6 Å². The molecule has 0 aliphatic carbocycles. The van der Waals surface area contributed by atoms with E-state index in [1.54, 1.807) is 24.3 Å². The summed E-state index contributed by atoms with van der Waals surface area (Å²) in [6, 6.07) is 6.84. The maximum atomic E-state index is 10.7. The number of aromatic carboxylic acids is 1. The Hall–Kier alpha value is -1.61. The molecule has 0 aliphatic heterocycles. The molecule has 1 atom stereocenters. The first-order chi connectivity index (χ1) is 9.63. The van der Waals surface area contributed by atoms with Gasteiger partial charge in [-0.3, -0.25) is 0 Å². The minimum Gasteiger partial charge on any atom is -0.478 e. The Morgan fingerprint density at radius 3 is 2.60 bits per heavy atom. The highest BCUT2D eigenvalue weighted by Crippen LogP contribution is 2.11. The first kappa shape index (κ1) is 16.4. The molecule has 20 heavy (non-hydrogen) atoms. The van der Waals surface area contributed by atoms with Crippen LogP contribution in [0, 0.1) is 0 Å². The Balaban J connectivity index is 2.21. The van der Waals surface area contributed by atoms with E-state index in [2.05, 4.69) is 13.5 Å². The second-order valence-electron chi connectivity index (χ2n) is 5.05. The van der Waals surface area contributed by atoms with Gasteiger partial charge in [0.1, 0.15) is 0 Å². The van der Waals surface area contributed by atoms with Crippen LogP contribution in [-0.4, -0.2) is 17.2 Å². The molecule has 0 aliphatic rings. The van der Waals surface area contributed by atoms with Crippen LogP contribution in [0.3, 0.4) is 0 Å². The van der Waals surface area contributed by atoms with E-state index in [-0.39, 0.29) is 6.10 Å². The number of benzene rings is 1. The number of ether oxygens (including phenoxy) is 1. The van der Waals surface area contributed by atoms with Gasteiger partial charge < -0.3 is 9.84 Å². The zero-order chi connectivity index (χ0) is 14.8. The lowest BCUT2D eigenvalue weighted by Gasteiger charge is -2.13. The van der Waals surface area contributed by atoms with Gasteiger partial charge >= 0.3 is 5.97 Å². The van der Waals surface area contributed by atoms with Crippen molar-refractivity contribution in [3.63, 3.8) is 0 Å². The van der Waals surface area contributed by atoms with Gasteiger partial charge in [0.05, 0.1) is 18.3 Å². The molecule has 0 saturated carbocycles. The van der Waals surface area contributed by atoms with Crippen LogP contribution in [0.15, 0.2) is 36.9 Å². The fraction of sp³-hybridized carbons (Fsp3) is 0.471. The van der Waals surface area contributed by atoms with Crippen LogP contribution in [0.1, 0.15) is 54.9 Å². The normalized spacial score (nSPS) is 12.1. The van der Waals surface area contributed by atoms with Crippen LogP contribution in [0.2, 0.25) is 0 Å². The molecule has 1 aromatic carbocycles. The number of unbranched alkanes of at least 4 members (excludes halogenated alkanes) is 3. The SMILES string of the molecule is C=CCCCCCC(C)OCc1ccc(C(=O)O)cc1. The van der Waals surface area contributed by atoms with E-state index in [0.717, 1.165) is 18.4 Å². The number of carbonyl (C=O) groups is 1. The molecule has 1 unspecified atom stereocenters. The number of hydrogen-bond acceptors (Lipinski definition) is 2. The molecule has 0 amide bonds. The van der Waals surface area contributed by atoms with Crippen LogP contribution in [0.4, 0.5) is 0 Å². The molecule has 0 bridgehead atoms. The molecule has 3 nitrogen and oxygen atoms in total. The predicted molar refractivity (Wildman–Crippen MR) is 80.9 cm³/mol. The summed E-state index contributed by atoms with van der Waals surface area (Å²) in [5, 5.41) is 8.82. The summed E-state index contributed by atoms with van der Waals surface area (Å²) in [4.78, 5) is 10.7. The van der Waals surface area contributed by atoms with Gasteiger partial charge in [0.25, 0.3) is 0 Å². The lowest BCUT2D eigenvalue weighted by molar-refractivity contribution is 0.0458. The van der Waals surface area contributed by atoms with Crippen molar-refractivity contribution in [3.05, 3.63) is 48.0 Å². The second-order valence-corrected chi connectivity index (χ2v) is 5.05. The van der Waals surface area contributed by atoms with Gasteiger partial charge in [0, 0.05) is 0 Å². The van der Waals surface area contributed by atoms with Gasteiger partial charge in [-0.15, -0.1) is 6.58 Å². The maximum absolute atomic E-state index is 10.7. The number of carboxylic acid groups (broad SMARTS) is 1. The van der Waals surface area contributed by atoms with Crippen LogP contribution >= 0.6 is 0 Å². The summed E-state index contributed by atoms with van der Waals surface area (Å²) in [7, 11) is 0. The van der Waals surface area contributed by atoms with Crippen molar-refractivity contribution in [1.29, 1.82) is 0 Å². The molecule has 0 radical (unpaired) electrons. The topological polar surface area (TPSA) is 46.5 Å². The Bertz CT molecular complexity index is 409. The van der Waals surface area contributed by atoms with Gasteiger partial charge in [-0.2, -0.15) is 0 Å². The van der Waals surface area contributed by atoms with Crippen molar-refractivity contribution >= 4 is 5.97 Å². The van der Waals surface area contributed by atoms with Crippen LogP contribution in [-0.2, 0) is 11.3 Å². The molecule has 0 fully saturated rings. The average Bonchev–Trinajstić information content (AvgIpc) is 2.45. The summed E-state index contributed by atoms with van der Waals surface area (Å²) in [6.45, 7) is 6.33. The third kappa shape index (κ3) is 6.53. The summed E-state index contributed by atoms with van der Waals surface area (Å²) in [5.74, 6) is -0.898. The highest BCUT2D eigenvalue weighted by Gasteiger charge is 2.04. The summed E-state index contributed by atoms with van der Waals surface area (Å²) in [5.41, 5.74) is 1.32. The monoisotopic (exact) mass is 276 g/mol. The molecule has 1 N–H and O–H groups in total. The lowest BCUT2D eigenvalue weighted by atomic mass is 10.1. The lowest BCUT2D eigenvalue weighted by Crippen LogP contribution is -2.08. The van der Waals surface area contributed by atoms with Crippen molar-refractivity contribution in [2.45, 2.75) is 51.7 Å². The Morgan fingerprint density at radius 2 is 2.00 bits per heavy atom. The van der Waals surface area contributed by atoms with E-state index >= 15 is 0 Å². The van der Waals surface area contributed by atoms with E-state index in [1.807, 2.05) is 6.08 Å². The smallest absolute Gasteiger partial charge is 0.335 e. The molecule has 0 aromatic heterocycles. The van der Waals surface area contributed by atoms with Crippen LogP contribution in [0.25, 0.3) is 0 Å². The number of allylic oxidation sites excluding steroid dienone is 1. The number of rotatable bonds is 10.